The SMILES string of the molecule is CC1N=C(c2ccc(O)cc2)c2cc(Cl)ccc2NCC1=O. The molecular formula is C17H15ClN2O2. The van der Waals surface area contributed by atoms with Crippen LogP contribution in [0, 0.1) is 0 Å². The molecule has 0 fully saturated rings. The van der Waals surface area contributed by atoms with Crippen molar-refractivity contribution in [3.05, 3.63) is 58.6 Å². The summed E-state index contributed by atoms with van der Waals surface area (Å²) in [5.41, 5.74) is 3.17. The van der Waals surface area contributed by atoms with Crippen LogP contribution in [0.5, 0.6) is 5.75 Å². The molecular weight excluding hydrogens is 300 g/mol. The van der Waals surface area contributed by atoms with Crippen molar-refractivity contribution in [1.82, 2.24) is 0 Å². The summed E-state index contributed by atoms with van der Waals surface area (Å²) in [5.74, 6) is 0.209. The number of carbonyl (C=O) groups excluding carboxylic acids is 1. The Morgan fingerprint density at radius 3 is 2.68 bits per heavy atom. The monoisotopic (exact) mass is 314 g/mol. The molecule has 3 rings (SSSR count). The molecule has 0 aromatic heterocycles. The fourth-order valence-electron chi connectivity index (χ4n) is 2.38. The Labute approximate surface area is 133 Å². The molecule has 112 valence electrons. The average molecular weight is 315 g/mol. The maximum absolute atomic E-state index is 12.0. The Morgan fingerprint density at radius 2 is 1.95 bits per heavy atom. The first-order chi connectivity index (χ1) is 10.5. The minimum Gasteiger partial charge on any atom is -0.508 e. The van der Waals surface area contributed by atoms with Crippen molar-refractivity contribution in [3.63, 3.8) is 0 Å². The van der Waals surface area contributed by atoms with Crippen molar-refractivity contribution >= 4 is 28.8 Å². The predicted octanol–water partition coefficient (Wildman–Crippen LogP) is 3.27. The minimum absolute atomic E-state index is 0.0249. The fourth-order valence-corrected chi connectivity index (χ4v) is 2.55. The first-order valence-corrected chi connectivity index (χ1v) is 7.36. The molecule has 1 aliphatic rings. The predicted molar refractivity (Wildman–Crippen MR) is 88.2 cm³/mol. The van der Waals surface area contributed by atoms with E-state index in [0.29, 0.717) is 10.7 Å². The third-order valence-corrected chi connectivity index (χ3v) is 3.85. The molecule has 0 aliphatic carbocycles. The number of anilines is 1. The van der Waals surface area contributed by atoms with Crippen molar-refractivity contribution < 1.29 is 9.90 Å². The lowest BCUT2D eigenvalue weighted by Crippen LogP contribution is -2.28. The number of aromatic hydroxyl groups is 1. The molecule has 5 heteroatoms. The number of rotatable bonds is 1. The molecule has 22 heavy (non-hydrogen) atoms. The lowest BCUT2D eigenvalue weighted by Gasteiger charge is -2.20. The highest BCUT2D eigenvalue weighted by Gasteiger charge is 2.20. The van der Waals surface area contributed by atoms with Gasteiger partial charge in [0.1, 0.15) is 11.8 Å². The second kappa shape index (κ2) is 5.81. The van der Waals surface area contributed by atoms with Gasteiger partial charge in [-0.3, -0.25) is 9.79 Å². The molecule has 0 spiro atoms. The summed E-state index contributed by atoms with van der Waals surface area (Å²) in [4.78, 5) is 16.6. The van der Waals surface area contributed by atoms with Crippen molar-refractivity contribution in [1.29, 1.82) is 0 Å². The zero-order valence-electron chi connectivity index (χ0n) is 12.0. The largest absolute Gasteiger partial charge is 0.508 e. The number of carbonyl (C=O) groups is 1. The number of benzene rings is 2. The quantitative estimate of drug-likeness (QED) is 0.849. The summed E-state index contributed by atoms with van der Waals surface area (Å²) < 4.78 is 0. The highest BCUT2D eigenvalue weighted by molar-refractivity contribution is 6.31. The number of fused-ring (bicyclic) bond motifs is 1. The van der Waals surface area contributed by atoms with Gasteiger partial charge in [0.05, 0.1) is 12.3 Å². The number of phenolic OH excluding ortho intramolecular Hbond substituents is 1. The second-order valence-electron chi connectivity index (χ2n) is 5.21. The molecule has 1 unspecified atom stereocenters. The van der Waals surface area contributed by atoms with Crippen LogP contribution in [0.4, 0.5) is 5.69 Å². The van der Waals surface area contributed by atoms with Crippen molar-refractivity contribution in [2.45, 2.75) is 13.0 Å². The van der Waals surface area contributed by atoms with E-state index in [4.69, 9.17) is 11.6 Å². The van der Waals surface area contributed by atoms with Crippen LogP contribution in [0.2, 0.25) is 5.02 Å². The summed E-state index contributed by atoms with van der Waals surface area (Å²) in [6.45, 7) is 2.02. The standard InChI is InChI=1S/C17H15ClN2O2/c1-10-16(22)9-19-15-7-4-12(18)8-14(15)17(20-10)11-2-5-13(21)6-3-11/h2-8,10,19,21H,9H2,1H3. The van der Waals surface area contributed by atoms with Gasteiger partial charge in [-0.1, -0.05) is 11.6 Å². The summed E-state index contributed by atoms with van der Waals surface area (Å²) in [6.07, 6.45) is 0. The highest BCUT2D eigenvalue weighted by Crippen LogP contribution is 2.26. The van der Waals surface area contributed by atoms with Crippen LogP contribution >= 0.6 is 11.6 Å². The number of phenols is 1. The van der Waals surface area contributed by atoms with E-state index < -0.39 is 6.04 Å². The van der Waals surface area contributed by atoms with Crippen molar-refractivity contribution in [3.8, 4) is 5.75 Å². The molecule has 2 aromatic rings. The number of Topliss-reactive ketones (excluding diaryl/α,β-unsaturated/α-hetero) is 1. The lowest BCUT2D eigenvalue weighted by atomic mass is 9.98. The van der Waals surface area contributed by atoms with Gasteiger partial charge in [0, 0.05) is 21.8 Å². The topological polar surface area (TPSA) is 61.7 Å². The molecule has 0 saturated carbocycles. The Bertz CT molecular complexity index is 754. The fraction of sp³-hybridized carbons (Fsp3) is 0.176. The molecule has 0 bridgehead atoms. The minimum atomic E-state index is -0.441. The van der Waals surface area contributed by atoms with Gasteiger partial charge in [-0.25, -0.2) is 0 Å². The van der Waals surface area contributed by atoms with Crippen LogP contribution in [0.15, 0.2) is 47.5 Å². The van der Waals surface area contributed by atoms with E-state index in [0.717, 1.165) is 16.8 Å². The molecule has 2 aromatic carbocycles. The molecule has 0 amide bonds. The van der Waals surface area contributed by atoms with Gasteiger partial charge in [0.25, 0.3) is 0 Å². The zero-order valence-corrected chi connectivity index (χ0v) is 12.8. The van der Waals surface area contributed by atoms with Crippen LogP contribution in [-0.2, 0) is 4.79 Å². The normalized spacial score (nSPS) is 17.8. The Hall–Kier alpha value is -2.33. The number of hydrogen-bond acceptors (Lipinski definition) is 4. The molecule has 0 saturated heterocycles. The maximum atomic E-state index is 12.0. The highest BCUT2D eigenvalue weighted by atomic mass is 35.5. The number of halogens is 1. The third kappa shape index (κ3) is 2.83. The van der Waals surface area contributed by atoms with Gasteiger partial charge in [-0.05, 0) is 49.4 Å². The second-order valence-corrected chi connectivity index (χ2v) is 5.65. The number of nitrogens with zero attached hydrogens (tertiary/aromatic N) is 1. The summed E-state index contributed by atoms with van der Waals surface area (Å²) >= 11 is 6.12. The smallest absolute Gasteiger partial charge is 0.175 e. The summed E-state index contributed by atoms with van der Waals surface area (Å²) in [6, 6.07) is 11.8. The Morgan fingerprint density at radius 1 is 1.23 bits per heavy atom. The molecule has 2 N–H and O–H groups in total. The maximum Gasteiger partial charge on any atom is 0.175 e. The van der Waals surface area contributed by atoms with Crippen LogP contribution in [0.3, 0.4) is 0 Å². The van der Waals surface area contributed by atoms with Gasteiger partial charge in [0.15, 0.2) is 5.78 Å². The molecule has 4 nitrogen and oxygen atoms in total. The van der Waals surface area contributed by atoms with Crippen LogP contribution in [0.25, 0.3) is 0 Å². The van der Waals surface area contributed by atoms with E-state index in [1.54, 1.807) is 37.3 Å². The van der Waals surface area contributed by atoms with Gasteiger partial charge in [-0.15, -0.1) is 0 Å². The van der Waals surface area contributed by atoms with E-state index in [1.165, 1.54) is 0 Å². The van der Waals surface area contributed by atoms with E-state index in [9.17, 15) is 9.90 Å². The molecule has 1 atom stereocenters. The van der Waals surface area contributed by atoms with Gasteiger partial charge >= 0.3 is 0 Å². The average Bonchev–Trinajstić information content (AvgIpc) is 2.51. The van der Waals surface area contributed by atoms with Crippen LogP contribution < -0.4 is 5.32 Å². The molecule has 1 aliphatic heterocycles. The van der Waals surface area contributed by atoms with Gasteiger partial charge < -0.3 is 10.4 Å². The van der Waals surface area contributed by atoms with E-state index in [-0.39, 0.29) is 18.1 Å². The van der Waals surface area contributed by atoms with Crippen molar-refractivity contribution in [2.24, 2.45) is 4.99 Å². The number of hydrogen-bond donors (Lipinski definition) is 2. The number of aliphatic imine (C=N–C) groups is 1. The van der Waals surface area contributed by atoms with Crippen LogP contribution in [0.1, 0.15) is 18.1 Å². The zero-order chi connectivity index (χ0) is 15.7. The van der Waals surface area contributed by atoms with Gasteiger partial charge in [-0.2, -0.15) is 0 Å². The number of ketones is 1. The molecule has 0 radical (unpaired) electrons. The van der Waals surface area contributed by atoms with Gasteiger partial charge in [0.2, 0.25) is 0 Å². The summed E-state index contributed by atoms with van der Waals surface area (Å²) in [7, 11) is 0. The van der Waals surface area contributed by atoms with Crippen molar-refractivity contribution in [2.75, 3.05) is 11.9 Å². The van der Waals surface area contributed by atoms with E-state index in [1.807, 2.05) is 12.1 Å². The summed E-state index contributed by atoms with van der Waals surface area (Å²) in [5, 5.41) is 13.2. The number of nitrogens with one attached hydrogen (secondary N) is 1. The van der Waals surface area contributed by atoms with Crippen LogP contribution in [-0.4, -0.2) is 29.2 Å². The Balaban J connectivity index is 2.20. The van der Waals surface area contributed by atoms with E-state index in [2.05, 4.69) is 10.3 Å². The van der Waals surface area contributed by atoms with E-state index >= 15 is 0 Å². The third-order valence-electron chi connectivity index (χ3n) is 3.62. The lowest BCUT2D eigenvalue weighted by molar-refractivity contribution is -0.118. The molecule has 1 heterocycles. The Kier molecular flexibility index (Phi) is 3.86. The first kappa shape index (κ1) is 14.6. The first-order valence-electron chi connectivity index (χ1n) is 6.98.